The summed E-state index contributed by atoms with van der Waals surface area (Å²) in [5.74, 6) is -0.351. The second-order valence-corrected chi connectivity index (χ2v) is 5.28. The number of hydrogen-bond acceptors (Lipinski definition) is 4. The summed E-state index contributed by atoms with van der Waals surface area (Å²) in [7, 11) is 1.39. The lowest BCUT2D eigenvalue weighted by molar-refractivity contribution is 0.0593. The van der Waals surface area contributed by atoms with Crippen LogP contribution in [0.15, 0.2) is 12.1 Å². The third-order valence-electron chi connectivity index (χ3n) is 4.22. The van der Waals surface area contributed by atoms with E-state index in [1.807, 2.05) is 6.07 Å². The number of carbonyl (C=O) groups excluding carboxylic acids is 1. The summed E-state index contributed by atoms with van der Waals surface area (Å²) in [6.07, 6.45) is 6.17. The summed E-state index contributed by atoms with van der Waals surface area (Å²) < 4.78 is 4.75. The maximum Gasteiger partial charge on any atom is 0.356 e. The van der Waals surface area contributed by atoms with E-state index < -0.39 is 0 Å². The van der Waals surface area contributed by atoms with Crippen LogP contribution < -0.4 is 5.32 Å². The third-order valence-corrected chi connectivity index (χ3v) is 4.22. The second-order valence-electron chi connectivity index (χ2n) is 5.28. The summed E-state index contributed by atoms with van der Waals surface area (Å²) in [4.78, 5) is 16.1. The molecule has 1 saturated carbocycles. The van der Waals surface area contributed by atoms with E-state index in [4.69, 9.17) is 4.74 Å². The van der Waals surface area contributed by atoms with Gasteiger partial charge in [0.2, 0.25) is 0 Å². The number of rotatable bonds is 1. The largest absolute Gasteiger partial charge is 0.464 e. The van der Waals surface area contributed by atoms with Crippen molar-refractivity contribution in [2.45, 2.75) is 37.5 Å². The highest BCUT2D eigenvalue weighted by Gasteiger charge is 2.41. The number of fused-ring (bicyclic) bond motifs is 2. The first-order valence-corrected chi connectivity index (χ1v) is 6.59. The minimum atomic E-state index is -0.351. The molecule has 18 heavy (non-hydrogen) atoms. The Morgan fingerprint density at radius 2 is 2.11 bits per heavy atom. The van der Waals surface area contributed by atoms with E-state index in [1.165, 1.54) is 39.2 Å². The number of carbonyl (C=O) groups is 1. The summed E-state index contributed by atoms with van der Waals surface area (Å²) in [5, 5.41) is 3.43. The van der Waals surface area contributed by atoms with E-state index in [0.717, 1.165) is 17.9 Å². The number of methoxy groups -OCH3 is 1. The Labute approximate surface area is 107 Å². The summed E-state index contributed by atoms with van der Waals surface area (Å²) in [6.45, 7) is 0.958. The number of nitrogens with zero attached hydrogens (tertiary/aromatic N) is 1. The molecule has 1 N–H and O–H groups in total. The molecule has 96 valence electrons. The van der Waals surface area contributed by atoms with Gasteiger partial charge in [0.05, 0.1) is 18.5 Å². The third kappa shape index (κ3) is 1.67. The van der Waals surface area contributed by atoms with E-state index in [1.54, 1.807) is 6.07 Å². The van der Waals surface area contributed by atoms with E-state index in [0.29, 0.717) is 5.69 Å². The van der Waals surface area contributed by atoms with Crippen molar-refractivity contribution in [2.24, 2.45) is 0 Å². The molecule has 2 heterocycles. The van der Waals surface area contributed by atoms with E-state index in [2.05, 4.69) is 10.3 Å². The molecule has 1 aliphatic carbocycles. The van der Waals surface area contributed by atoms with Crippen molar-refractivity contribution in [2.75, 3.05) is 19.0 Å². The monoisotopic (exact) mass is 246 g/mol. The van der Waals surface area contributed by atoms with Gasteiger partial charge in [-0.15, -0.1) is 0 Å². The smallest absolute Gasteiger partial charge is 0.356 e. The lowest BCUT2D eigenvalue weighted by Gasteiger charge is -2.32. The van der Waals surface area contributed by atoms with Gasteiger partial charge in [-0.05, 0) is 25.0 Å². The van der Waals surface area contributed by atoms with Gasteiger partial charge < -0.3 is 10.1 Å². The zero-order valence-electron chi connectivity index (χ0n) is 10.7. The molecule has 0 aromatic carbocycles. The predicted octanol–water partition coefficient (Wildman–Crippen LogP) is 2.50. The molecule has 1 fully saturated rings. The quantitative estimate of drug-likeness (QED) is 0.773. The van der Waals surface area contributed by atoms with Gasteiger partial charge in [-0.2, -0.15) is 0 Å². The van der Waals surface area contributed by atoms with Crippen molar-refractivity contribution in [1.29, 1.82) is 0 Å². The fourth-order valence-electron chi connectivity index (χ4n) is 3.21. The van der Waals surface area contributed by atoms with Crippen molar-refractivity contribution in [3.63, 3.8) is 0 Å². The Bertz CT molecular complexity index is 473. The standard InChI is InChI=1S/C14H18N2O2/c1-18-13(17)11-6-5-10-12(16-11)14(9-15-10)7-3-2-4-8-14/h5-6,15H,2-4,7-9H2,1H3. The van der Waals surface area contributed by atoms with E-state index in [-0.39, 0.29) is 11.4 Å². The average Bonchev–Trinajstić information content (AvgIpc) is 2.77. The van der Waals surface area contributed by atoms with Crippen LogP contribution in [0.25, 0.3) is 0 Å². The van der Waals surface area contributed by atoms with Gasteiger partial charge >= 0.3 is 5.97 Å². The van der Waals surface area contributed by atoms with Crippen molar-refractivity contribution < 1.29 is 9.53 Å². The molecule has 0 radical (unpaired) electrons. The molecule has 1 aromatic rings. The van der Waals surface area contributed by atoms with Crippen LogP contribution in [0.5, 0.6) is 0 Å². The van der Waals surface area contributed by atoms with E-state index >= 15 is 0 Å². The molecule has 0 saturated heterocycles. The minimum absolute atomic E-state index is 0.150. The first-order valence-electron chi connectivity index (χ1n) is 6.59. The van der Waals surface area contributed by atoms with Crippen molar-refractivity contribution in [3.8, 4) is 0 Å². The number of nitrogens with one attached hydrogen (secondary N) is 1. The maximum atomic E-state index is 11.6. The molecular formula is C14H18N2O2. The lowest BCUT2D eigenvalue weighted by Crippen LogP contribution is -2.32. The topological polar surface area (TPSA) is 51.2 Å². The average molecular weight is 246 g/mol. The zero-order valence-corrected chi connectivity index (χ0v) is 10.7. The normalized spacial score (nSPS) is 20.3. The molecule has 4 nitrogen and oxygen atoms in total. The number of anilines is 1. The Kier molecular flexibility index (Phi) is 2.73. The molecule has 0 atom stereocenters. The molecule has 2 aliphatic rings. The van der Waals surface area contributed by atoms with Crippen LogP contribution in [0.3, 0.4) is 0 Å². The summed E-state index contributed by atoms with van der Waals surface area (Å²) >= 11 is 0. The highest BCUT2D eigenvalue weighted by Crippen LogP contribution is 2.45. The number of pyridine rings is 1. The molecule has 0 amide bonds. The van der Waals surface area contributed by atoms with Gasteiger partial charge in [0.25, 0.3) is 0 Å². The van der Waals surface area contributed by atoms with Crippen LogP contribution in [0.1, 0.15) is 48.3 Å². The first-order chi connectivity index (χ1) is 8.75. The zero-order chi connectivity index (χ0) is 12.6. The number of hydrogen-bond donors (Lipinski definition) is 1. The maximum absolute atomic E-state index is 11.6. The molecule has 4 heteroatoms. The molecule has 1 aromatic heterocycles. The summed E-state index contributed by atoms with van der Waals surface area (Å²) in [6, 6.07) is 3.69. The lowest BCUT2D eigenvalue weighted by atomic mass is 9.73. The van der Waals surface area contributed by atoms with Gasteiger partial charge in [-0.25, -0.2) is 9.78 Å². The Morgan fingerprint density at radius 1 is 1.33 bits per heavy atom. The second kappa shape index (κ2) is 4.26. The van der Waals surface area contributed by atoms with Crippen LogP contribution in [-0.2, 0) is 10.2 Å². The fraction of sp³-hybridized carbons (Fsp3) is 0.571. The van der Waals surface area contributed by atoms with Gasteiger partial charge in [0.1, 0.15) is 5.69 Å². The van der Waals surface area contributed by atoms with Gasteiger partial charge in [-0.3, -0.25) is 0 Å². The molecular weight excluding hydrogens is 228 g/mol. The minimum Gasteiger partial charge on any atom is -0.464 e. The van der Waals surface area contributed by atoms with Crippen LogP contribution in [-0.4, -0.2) is 24.6 Å². The SMILES string of the molecule is COC(=O)c1ccc2c(n1)C1(CCCCC1)CN2. The molecule has 3 rings (SSSR count). The van der Waals surface area contributed by atoms with Crippen molar-refractivity contribution in [3.05, 3.63) is 23.5 Å². The number of esters is 1. The Morgan fingerprint density at radius 3 is 2.83 bits per heavy atom. The van der Waals surface area contributed by atoms with Gasteiger partial charge in [0.15, 0.2) is 0 Å². The van der Waals surface area contributed by atoms with Crippen molar-refractivity contribution >= 4 is 11.7 Å². The predicted molar refractivity (Wildman–Crippen MR) is 68.8 cm³/mol. The van der Waals surface area contributed by atoms with Gasteiger partial charge in [-0.1, -0.05) is 19.3 Å². The van der Waals surface area contributed by atoms with Gasteiger partial charge in [0, 0.05) is 12.0 Å². The molecule has 1 spiro atoms. The van der Waals surface area contributed by atoms with E-state index in [9.17, 15) is 4.79 Å². The molecule has 0 unspecified atom stereocenters. The van der Waals surface area contributed by atoms with Crippen LogP contribution in [0, 0.1) is 0 Å². The number of ether oxygens (including phenoxy) is 1. The first kappa shape index (κ1) is 11.5. The molecule has 0 bridgehead atoms. The highest BCUT2D eigenvalue weighted by molar-refractivity contribution is 5.87. The fourth-order valence-corrected chi connectivity index (χ4v) is 3.21. The Balaban J connectivity index is 2.00. The van der Waals surface area contributed by atoms with Crippen molar-refractivity contribution in [1.82, 2.24) is 4.98 Å². The van der Waals surface area contributed by atoms with Crippen LogP contribution in [0.4, 0.5) is 5.69 Å². The number of aromatic nitrogens is 1. The summed E-state index contributed by atoms with van der Waals surface area (Å²) in [5.41, 5.74) is 2.73. The van der Waals surface area contributed by atoms with Crippen LogP contribution >= 0.6 is 0 Å². The highest BCUT2D eigenvalue weighted by atomic mass is 16.5. The molecule has 1 aliphatic heterocycles. The van der Waals surface area contributed by atoms with Crippen LogP contribution in [0.2, 0.25) is 0 Å². The Hall–Kier alpha value is -1.58.